The lowest BCUT2D eigenvalue weighted by atomic mass is 10.2. The zero-order valence-electron chi connectivity index (χ0n) is 11.8. The quantitative estimate of drug-likeness (QED) is 0.938. The van der Waals surface area contributed by atoms with Gasteiger partial charge < -0.3 is 9.47 Å². The summed E-state index contributed by atoms with van der Waals surface area (Å²) < 4.78 is 51.4. The van der Waals surface area contributed by atoms with Crippen molar-refractivity contribution in [2.45, 2.75) is 18.4 Å². The van der Waals surface area contributed by atoms with Gasteiger partial charge in [-0.05, 0) is 24.6 Å². The summed E-state index contributed by atoms with van der Waals surface area (Å²) >= 11 is 0. The minimum atomic E-state index is -3.95. The van der Waals surface area contributed by atoms with Gasteiger partial charge in [-0.2, -0.15) is 0 Å². The molecular formula is C15H14FNO4S. The summed E-state index contributed by atoms with van der Waals surface area (Å²) in [6.45, 7) is 1.61. The molecule has 0 aliphatic carbocycles. The highest BCUT2D eigenvalue weighted by Crippen LogP contribution is 2.35. The van der Waals surface area contributed by atoms with Gasteiger partial charge >= 0.3 is 0 Å². The minimum Gasteiger partial charge on any atom is -0.454 e. The number of fused-ring (bicyclic) bond motifs is 1. The van der Waals surface area contributed by atoms with E-state index in [1.54, 1.807) is 18.2 Å². The van der Waals surface area contributed by atoms with E-state index in [1.165, 1.54) is 25.1 Å². The van der Waals surface area contributed by atoms with Gasteiger partial charge in [0.25, 0.3) is 0 Å². The van der Waals surface area contributed by atoms with E-state index in [-0.39, 0.29) is 23.8 Å². The number of ether oxygens (including phenoxy) is 2. The second-order valence-corrected chi connectivity index (χ2v) is 6.60. The summed E-state index contributed by atoms with van der Waals surface area (Å²) in [5, 5.41) is 0. The maximum atomic E-state index is 14.0. The second kappa shape index (κ2) is 5.58. The van der Waals surface area contributed by atoms with Crippen molar-refractivity contribution in [1.29, 1.82) is 0 Å². The van der Waals surface area contributed by atoms with Gasteiger partial charge in [0, 0.05) is 12.1 Å². The van der Waals surface area contributed by atoms with Crippen LogP contribution in [-0.4, -0.2) is 15.2 Å². The minimum absolute atomic E-state index is 0.0117. The summed E-state index contributed by atoms with van der Waals surface area (Å²) in [6, 6.07) is 9.46. The van der Waals surface area contributed by atoms with Gasteiger partial charge in [-0.15, -0.1) is 0 Å². The number of rotatable bonds is 4. The Kier molecular flexibility index (Phi) is 3.76. The monoisotopic (exact) mass is 323 g/mol. The molecule has 1 aliphatic rings. The Balaban J connectivity index is 1.84. The van der Waals surface area contributed by atoms with Crippen molar-refractivity contribution in [3.63, 3.8) is 0 Å². The molecule has 0 atom stereocenters. The molecule has 5 nitrogen and oxygen atoms in total. The molecule has 0 amide bonds. The summed E-state index contributed by atoms with van der Waals surface area (Å²) in [5.74, 6) is 0.334. The summed E-state index contributed by atoms with van der Waals surface area (Å²) in [6.07, 6.45) is 0. The Hall–Kier alpha value is -2.12. The van der Waals surface area contributed by atoms with Gasteiger partial charge in [-0.25, -0.2) is 17.5 Å². The van der Waals surface area contributed by atoms with Crippen LogP contribution in [0.1, 0.15) is 11.1 Å². The van der Waals surface area contributed by atoms with Crippen molar-refractivity contribution >= 4 is 10.0 Å². The third-order valence-corrected chi connectivity index (χ3v) is 4.80. The number of benzene rings is 2. The first kappa shape index (κ1) is 14.8. The SMILES string of the molecule is Cc1cccc(S(=O)(=O)NCc2cccc3c2OCO3)c1F. The van der Waals surface area contributed by atoms with Gasteiger partial charge in [-0.1, -0.05) is 24.3 Å². The van der Waals surface area contributed by atoms with Gasteiger partial charge in [0.05, 0.1) is 0 Å². The molecule has 0 radical (unpaired) electrons. The average molecular weight is 323 g/mol. The molecule has 2 aromatic carbocycles. The van der Waals surface area contributed by atoms with E-state index < -0.39 is 15.8 Å². The van der Waals surface area contributed by atoms with E-state index in [4.69, 9.17) is 9.47 Å². The summed E-state index contributed by atoms with van der Waals surface area (Å²) in [7, 11) is -3.95. The molecule has 1 N–H and O–H groups in total. The van der Waals surface area contributed by atoms with Crippen LogP contribution in [0.25, 0.3) is 0 Å². The molecule has 3 rings (SSSR count). The number of nitrogens with one attached hydrogen (secondary N) is 1. The highest BCUT2D eigenvalue weighted by Gasteiger charge is 2.22. The van der Waals surface area contributed by atoms with Crippen molar-refractivity contribution in [2.24, 2.45) is 0 Å². The highest BCUT2D eigenvalue weighted by atomic mass is 32.2. The van der Waals surface area contributed by atoms with E-state index in [0.717, 1.165) is 0 Å². The molecule has 22 heavy (non-hydrogen) atoms. The van der Waals surface area contributed by atoms with Crippen molar-refractivity contribution in [2.75, 3.05) is 6.79 Å². The first-order chi connectivity index (χ1) is 10.5. The smallest absolute Gasteiger partial charge is 0.243 e. The van der Waals surface area contributed by atoms with E-state index in [1.807, 2.05) is 0 Å². The molecule has 1 aliphatic heterocycles. The van der Waals surface area contributed by atoms with Crippen LogP contribution in [0.3, 0.4) is 0 Å². The summed E-state index contributed by atoms with van der Waals surface area (Å²) in [4.78, 5) is -0.364. The van der Waals surface area contributed by atoms with Gasteiger partial charge in [0.15, 0.2) is 11.5 Å². The lowest BCUT2D eigenvalue weighted by Crippen LogP contribution is -2.24. The Morgan fingerprint density at radius 2 is 1.95 bits per heavy atom. The van der Waals surface area contributed by atoms with Gasteiger partial charge in [0.1, 0.15) is 10.7 Å². The second-order valence-electron chi connectivity index (χ2n) is 4.86. The number of aryl methyl sites for hydroxylation is 1. The molecule has 0 fully saturated rings. The topological polar surface area (TPSA) is 64.6 Å². The zero-order valence-corrected chi connectivity index (χ0v) is 12.6. The lowest BCUT2D eigenvalue weighted by molar-refractivity contribution is 0.173. The fourth-order valence-electron chi connectivity index (χ4n) is 2.21. The van der Waals surface area contributed by atoms with E-state index in [2.05, 4.69) is 4.72 Å². The van der Waals surface area contributed by atoms with Crippen LogP contribution in [0.2, 0.25) is 0 Å². The third kappa shape index (κ3) is 2.65. The standard InChI is InChI=1S/C15H14FNO4S/c1-10-4-2-7-13(14(10)16)22(18,19)17-8-11-5-3-6-12-15(11)21-9-20-12/h2-7,17H,8-9H2,1H3. The van der Waals surface area contributed by atoms with Crippen LogP contribution >= 0.6 is 0 Å². The molecule has 0 spiro atoms. The maximum absolute atomic E-state index is 14.0. The molecule has 0 aromatic heterocycles. The highest BCUT2D eigenvalue weighted by molar-refractivity contribution is 7.89. The lowest BCUT2D eigenvalue weighted by Gasteiger charge is -2.10. The van der Waals surface area contributed by atoms with Crippen LogP contribution in [0.4, 0.5) is 4.39 Å². The fraction of sp³-hybridized carbons (Fsp3) is 0.200. The Bertz CT molecular complexity index is 820. The number of halogens is 1. The number of sulfonamides is 1. The largest absolute Gasteiger partial charge is 0.454 e. The van der Waals surface area contributed by atoms with Crippen molar-refractivity contribution in [1.82, 2.24) is 4.72 Å². The van der Waals surface area contributed by atoms with Crippen molar-refractivity contribution < 1.29 is 22.3 Å². The molecular weight excluding hydrogens is 309 g/mol. The Morgan fingerprint density at radius 1 is 1.18 bits per heavy atom. The van der Waals surface area contributed by atoms with E-state index in [0.29, 0.717) is 17.1 Å². The zero-order chi connectivity index (χ0) is 15.7. The molecule has 2 aromatic rings. The van der Waals surface area contributed by atoms with Crippen LogP contribution in [0, 0.1) is 12.7 Å². The normalized spacial score (nSPS) is 13.4. The number of hydrogen-bond donors (Lipinski definition) is 1. The van der Waals surface area contributed by atoms with Crippen molar-refractivity contribution in [3.8, 4) is 11.5 Å². The van der Waals surface area contributed by atoms with E-state index in [9.17, 15) is 12.8 Å². The molecule has 116 valence electrons. The van der Waals surface area contributed by atoms with Crippen LogP contribution in [-0.2, 0) is 16.6 Å². The fourth-order valence-corrected chi connectivity index (χ4v) is 3.36. The van der Waals surface area contributed by atoms with Crippen LogP contribution in [0.15, 0.2) is 41.3 Å². The Labute approximate surface area is 127 Å². The van der Waals surface area contributed by atoms with Crippen LogP contribution in [0.5, 0.6) is 11.5 Å². The predicted molar refractivity (Wildman–Crippen MR) is 77.7 cm³/mol. The predicted octanol–water partition coefficient (Wildman–Crippen LogP) is 2.34. The first-order valence-corrected chi connectivity index (χ1v) is 8.09. The van der Waals surface area contributed by atoms with Gasteiger partial charge in [0.2, 0.25) is 16.8 Å². The number of para-hydroxylation sites is 1. The van der Waals surface area contributed by atoms with Crippen molar-refractivity contribution in [3.05, 3.63) is 53.3 Å². The third-order valence-electron chi connectivity index (χ3n) is 3.38. The molecule has 1 heterocycles. The van der Waals surface area contributed by atoms with Crippen LogP contribution < -0.4 is 14.2 Å². The number of hydrogen-bond acceptors (Lipinski definition) is 4. The molecule has 7 heteroatoms. The van der Waals surface area contributed by atoms with Gasteiger partial charge in [-0.3, -0.25) is 0 Å². The molecule has 0 unspecified atom stereocenters. The maximum Gasteiger partial charge on any atom is 0.243 e. The molecule has 0 bridgehead atoms. The summed E-state index contributed by atoms with van der Waals surface area (Å²) in [5.41, 5.74) is 0.909. The average Bonchev–Trinajstić information content (AvgIpc) is 2.97. The molecule has 0 saturated heterocycles. The molecule has 0 saturated carbocycles. The Morgan fingerprint density at radius 3 is 2.77 bits per heavy atom. The first-order valence-electron chi connectivity index (χ1n) is 6.61. The van der Waals surface area contributed by atoms with E-state index >= 15 is 0 Å².